The summed E-state index contributed by atoms with van der Waals surface area (Å²) >= 11 is 1.52. The molecule has 31 heavy (non-hydrogen) atoms. The number of imidazole rings is 1. The lowest BCUT2D eigenvalue weighted by Crippen LogP contribution is -2.12. The first kappa shape index (κ1) is 19.0. The monoisotopic (exact) mass is 425 g/mol. The molecule has 0 aliphatic heterocycles. The highest BCUT2D eigenvalue weighted by atomic mass is 32.1. The molecule has 0 atom stereocenters. The molecule has 0 aliphatic carbocycles. The Kier molecular flexibility index (Phi) is 4.93. The van der Waals surface area contributed by atoms with Gasteiger partial charge in [0.15, 0.2) is 5.13 Å². The Hall–Kier alpha value is -3.97. The lowest BCUT2D eigenvalue weighted by atomic mass is 10.1. The molecule has 0 bridgehead atoms. The maximum Gasteiger partial charge on any atom is 0.255 e. The van der Waals surface area contributed by atoms with E-state index in [1.165, 1.54) is 11.3 Å². The molecular formula is C24H19N5OS. The molecule has 6 nitrogen and oxygen atoms in total. The first-order valence-corrected chi connectivity index (χ1v) is 10.7. The summed E-state index contributed by atoms with van der Waals surface area (Å²) in [6.45, 7) is 1.97. The molecule has 0 fully saturated rings. The normalized spacial score (nSPS) is 10.9. The number of benzene rings is 2. The zero-order chi connectivity index (χ0) is 21.2. The van der Waals surface area contributed by atoms with E-state index in [9.17, 15) is 4.79 Å². The minimum Gasteiger partial charge on any atom is -0.332 e. The van der Waals surface area contributed by atoms with Gasteiger partial charge in [0.25, 0.3) is 5.91 Å². The van der Waals surface area contributed by atoms with Crippen LogP contribution in [0.2, 0.25) is 0 Å². The van der Waals surface area contributed by atoms with Crippen LogP contribution in [0.25, 0.3) is 17.0 Å². The number of hydrogen-bond donors (Lipinski definition) is 2. The summed E-state index contributed by atoms with van der Waals surface area (Å²) in [4.78, 5) is 21.6. The summed E-state index contributed by atoms with van der Waals surface area (Å²) in [6.07, 6.45) is 3.81. The number of amides is 1. The van der Waals surface area contributed by atoms with Crippen LogP contribution in [0.1, 0.15) is 15.9 Å². The lowest BCUT2D eigenvalue weighted by molar-refractivity contribution is 0.102. The van der Waals surface area contributed by atoms with Gasteiger partial charge in [0.05, 0.1) is 11.9 Å². The van der Waals surface area contributed by atoms with Crippen molar-refractivity contribution in [2.24, 2.45) is 0 Å². The Bertz CT molecular complexity index is 1370. The fraction of sp³-hybridized carbons (Fsp3) is 0.0417. The summed E-state index contributed by atoms with van der Waals surface area (Å²) < 4.78 is 2.01. The van der Waals surface area contributed by atoms with E-state index in [4.69, 9.17) is 0 Å². The molecule has 152 valence electrons. The van der Waals surface area contributed by atoms with Gasteiger partial charge in [-0.15, -0.1) is 11.3 Å². The van der Waals surface area contributed by atoms with Crippen LogP contribution in [-0.4, -0.2) is 20.3 Å². The highest BCUT2D eigenvalue weighted by Gasteiger charge is 2.11. The van der Waals surface area contributed by atoms with Gasteiger partial charge in [-0.25, -0.2) is 9.97 Å². The van der Waals surface area contributed by atoms with Crippen LogP contribution < -0.4 is 10.6 Å². The Labute approximate surface area is 183 Å². The van der Waals surface area contributed by atoms with Crippen molar-refractivity contribution in [1.29, 1.82) is 0 Å². The second-order valence-electron chi connectivity index (χ2n) is 7.08. The zero-order valence-corrected chi connectivity index (χ0v) is 17.6. The average Bonchev–Trinajstić information content (AvgIpc) is 3.42. The van der Waals surface area contributed by atoms with E-state index in [0.717, 1.165) is 39.1 Å². The molecule has 2 aromatic carbocycles. The first-order chi connectivity index (χ1) is 15.2. The number of para-hydroxylation sites is 1. The molecule has 0 saturated heterocycles. The summed E-state index contributed by atoms with van der Waals surface area (Å²) in [5.41, 5.74) is 6.01. The van der Waals surface area contributed by atoms with E-state index < -0.39 is 0 Å². The number of pyridine rings is 1. The molecule has 0 spiro atoms. The van der Waals surface area contributed by atoms with Crippen LogP contribution in [0.4, 0.5) is 16.5 Å². The number of nitrogens with one attached hydrogen (secondary N) is 2. The third-order valence-corrected chi connectivity index (χ3v) is 5.73. The van der Waals surface area contributed by atoms with Crippen LogP contribution in [0.15, 0.2) is 84.5 Å². The molecule has 0 unspecified atom stereocenters. The number of nitrogens with zero attached hydrogens (tertiary/aromatic N) is 3. The standard InChI is InChI=1S/C24H19N5OS/c1-16-6-2-3-7-19(16)27-23(30)17-9-11-18(12-10-17)26-24-28-20(15-31-24)21-14-25-22-8-4-5-13-29(21)22/h2-15H,1H3,(H,26,28)(H,27,30). The van der Waals surface area contributed by atoms with Crippen LogP contribution in [-0.2, 0) is 0 Å². The number of thiazole rings is 1. The zero-order valence-electron chi connectivity index (χ0n) is 16.7. The molecule has 1 amide bonds. The van der Waals surface area contributed by atoms with Crippen molar-refractivity contribution >= 4 is 39.4 Å². The number of hydrogen-bond acceptors (Lipinski definition) is 5. The quantitative estimate of drug-likeness (QED) is 0.375. The van der Waals surface area contributed by atoms with Gasteiger partial charge in [-0.2, -0.15) is 0 Å². The number of anilines is 3. The Balaban J connectivity index is 1.29. The van der Waals surface area contributed by atoms with Gasteiger partial charge in [-0.3, -0.25) is 9.20 Å². The van der Waals surface area contributed by atoms with Gasteiger partial charge in [-0.1, -0.05) is 24.3 Å². The maximum atomic E-state index is 12.5. The largest absolute Gasteiger partial charge is 0.332 e. The molecule has 0 radical (unpaired) electrons. The van der Waals surface area contributed by atoms with Gasteiger partial charge >= 0.3 is 0 Å². The van der Waals surface area contributed by atoms with Gasteiger partial charge in [0, 0.05) is 28.5 Å². The molecule has 0 aliphatic rings. The van der Waals surface area contributed by atoms with E-state index in [0.29, 0.717) is 5.56 Å². The topological polar surface area (TPSA) is 71.3 Å². The van der Waals surface area contributed by atoms with Crippen molar-refractivity contribution < 1.29 is 4.79 Å². The summed E-state index contributed by atoms with van der Waals surface area (Å²) in [7, 11) is 0. The molecule has 7 heteroatoms. The Morgan fingerprint density at radius 3 is 2.65 bits per heavy atom. The van der Waals surface area contributed by atoms with Crippen LogP contribution in [0, 0.1) is 6.92 Å². The number of carbonyl (C=O) groups is 1. The van der Waals surface area contributed by atoms with Crippen molar-refractivity contribution in [1.82, 2.24) is 14.4 Å². The molecular weight excluding hydrogens is 406 g/mol. The molecule has 2 N–H and O–H groups in total. The smallest absolute Gasteiger partial charge is 0.255 e. The maximum absolute atomic E-state index is 12.5. The predicted molar refractivity (Wildman–Crippen MR) is 125 cm³/mol. The van der Waals surface area contributed by atoms with E-state index in [1.54, 1.807) is 12.1 Å². The molecule has 3 heterocycles. The van der Waals surface area contributed by atoms with Crippen LogP contribution in [0.5, 0.6) is 0 Å². The fourth-order valence-corrected chi connectivity index (χ4v) is 4.03. The van der Waals surface area contributed by atoms with Crippen LogP contribution in [0.3, 0.4) is 0 Å². The van der Waals surface area contributed by atoms with E-state index in [-0.39, 0.29) is 5.91 Å². The SMILES string of the molecule is Cc1ccccc1NC(=O)c1ccc(Nc2nc(-c3cnc4ccccn34)cs2)cc1. The number of aromatic nitrogens is 3. The molecule has 5 aromatic rings. The van der Waals surface area contributed by atoms with Gasteiger partial charge in [0.2, 0.25) is 0 Å². The van der Waals surface area contributed by atoms with Crippen molar-refractivity contribution in [3.8, 4) is 11.4 Å². The van der Waals surface area contributed by atoms with E-state index in [2.05, 4.69) is 20.6 Å². The van der Waals surface area contributed by atoms with Crippen molar-refractivity contribution in [2.45, 2.75) is 6.92 Å². The number of rotatable bonds is 5. The number of carbonyl (C=O) groups excluding carboxylic acids is 1. The van der Waals surface area contributed by atoms with Crippen LogP contribution >= 0.6 is 11.3 Å². The highest BCUT2D eigenvalue weighted by Crippen LogP contribution is 2.28. The Morgan fingerprint density at radius 1 is 1.00 bits per heavy atom. The first-order valence-electron chi connectivity index (χ1n) is 9.79. The lowest BCUT2D eigenvalue weighted by Gasteiger charge is -2.09. The molecule has 3 aromatic heterocycles. The minimum absolute atomic E-state index is 0.134. The summed E-state index contributed by atoms with van der Waals surface area (Å²) in [5, 5.41) is 9.04. The van der Waals surface area contributed by atoms with Gasteiger partial charge in [-0.05, 0) is 55.0 Å². The van der Waals surface area contributed by atoms with Crippen molar-refractivity contribution in [3.63, 3.8) is 0 Å². The third-order valence-electron chi connectivity index (χ3n) is 4.98. The van der Waals surface area contributed by atoms with Crippen molar-refractivity contribution in [3.05, 3.63) is 95.6 Å². The second kappa shape index (κ2) is 8.04. The molecule has 0 saturated carbocycles. The fourth-order valence-electron chi connectivity index (χ4n) is 3.31. The average molecular weight is 426 g/mol. The second-order valence-corrected chi connectivity index (χ2v) is 7.94. The van der Waals surface area contributed by atoms with Crippen molar-refractivity contribution in [2.75, 3.05) is 10.6 Å². The minimum atomic E-state index is -0.134. The van der Waals surface area contributed by atoms with E-state index in [1.807, 2.05) is 83.7 Å². The van der Waals surface area contributed by atoms with Gasteiger partial charge in [0.1, 0.15) is 11.3 Å². The number of fused-ring (bicyclic) bond motifs is 1. The predicted octanol–water partition coefficient (Wildman–Crippen LogP) is 5.76. The molecule has 5 rings (SSSR count). The highest BCUT2D eigenvalue weighted by molar-refractivity contribution is 7.14. The Morgan fingerprint density at radius 2 is 1.81 bits per heavy atom. The summed E-state index contributed by atoms with van der Waals surface area (Å²) in [5.74, 6) is -0.134. The van der Waals surface area contributed by atoms with Gasteiger partial charge < -0.3 is 10.6 Å². The summed E-state index contributed by atoms with van der Waals surface area (Å²) in [6, 6.07) is 21.0. The van der Waals surface area contributed by atoms with E-state index >= 15 is 0 Å². The number of aryl methyl sites for hydroxylation is 1. The third kappa shape index (κ3) is 3.91.